The van der Waals surface area contributed by atoms with Crippen LogP contribution in [-0.4, -0.2) is 34.5 Å². The van der Waals surface area contributed by atoms with Crippen molar-refractivity contribution in [1.82, 2.24) is 14.9 Å². The van der Waals surface area contributed by atoms with Crippen LogP contribution in [0.5, 0.6) is 0 Å². The molecule has 3 heterocycles. The first-order valence-electron chi connectivity index (χ1n) is 8.47. The summed E-state index contributed by atoms with van der Waals surface area (Å²) in [5.41, 5.74) is 4.94. The minimum absolute atomic E-state index is 0.702. The SMILES string of the molecule is Cc1cc(NCCN2CCc3c([nH]c4ccc(Cl)cc34)C2)ncc1Cl. The fourth-order valence-electron chi connectivity index (χ4n) is 3.44. The van der Waals surface area contributed by atoms with Gasteiger partial charge in [-0.05, 0) is 48.7 Å². The normalized spacial score (nSPS) is 14.7. The Hall–Kier alpha value is -1.75. The van der Waals surface area contributed by atoms with E-state index in [0.717, 1.165) is 49.0 Å². The Balaban J connectivity index is 1.39. The number of hydrogen-bond acceptors (Lipinski definition) is 3. The summed E-state index contributed by atoms with van der Waals surface area (Å²) in [6.45, 7) is 5.81. The number of aromatic amines is 1. The number of rotatable bonds is 4. The first-order valence-corrected chi connectivity index (χ1v) is 9.23. The number of nitrogens with one attached hydrogen (secondary N) is 2. The maximum Gasteiger partial charge on any atom is 0.126 e. The first-order chi connectivity index (χ1) is 12.1. The molecule has 1 aliphatic heterocycles. The standard InChI is InChI=1S/C19H20Cl2N4/c1-12-8-19(23-10-16(12)21)22-5-7-25-6-4-14-15-9-13(20)2-3-17(15)24-18(14)11-25/h2-3,8-10,24H,4-7,11H2,1H3,(H,22,23). The van der Waals surface area contributed by atoms with E-state index in [0.29, 0.717) is 5.02 Å². The largest absolute Gasteiger partial charge is 0.369 e. The summed E-state index contributed by atoms with van der Waals surface area (Å²) in [5, 5.41) is 6.14. The molecule has 3 aromatic rings. The van der Waals surface area contributed by atoms with E-state index in [1.54, 1.807) is 6.20 Å². The molecule has 4 nitrogen and oxygen atoms in total. The van der Waals surface area contributed by atoms with Crippen molar-refractivity contribution in [2.75, 3.05) is 25.0 Å². The molecule has 0 saturated carbocycles. The van der Waals surface area contributed by atoms with Crippen LogP contribution in [-0.2, 0) is 13.0 Å². The molecule has 1 aromatic carbocycles. The number of fused-ring (bicyclic) bond motifs is 3. The number of H-pyrrole nitrogens is 1. The van der Waals surface area contributed by atoms with Gasteiger partial charge in [0, 0.05) is 54.0 Å². The van der Waals surface area contributed by atoms with Crippen molar-refractivity contribution in [2.45, 2.75) is 19.9 Å². The Morgan fingerprint density at radius 1 is 1.28 bits per heavy atom. The Kier molecular flexibility index (Phi) is 4.59. The molecule has 0 fully saturated rings. The summed E-state index contributed by atoms with van der Waals surface area (Å²) in [4.78, 5) is 10.3. The van der Waals surface area contributed by atoms with Crippen molar-refractivity contribution in [3.63, 3.8) is 0 Å². The molecular weight excluding hydrogens is 355 g/mol. The van der Waals surface area contributed by atoms with E-state index in [1.165, 1.54) is 22.2 Å². The number of nitrogens with zero attached hydrogens (tertiary/aromatic N) is 2. The number of aromatic nitrogens is 2. The molecular formula is C19H20Cl2N4. The van der Waals surface area contributed by atoms with Crippen LogP contribution in [0, 0.1) is 6.92 Å². The molecule has 1 aliphatic rings. The van der Waals surface area contributed by atoms with E-state index in [4.69, 9.17) is 23.2 Å². The van der Waals surface area contributed by atoms with Crippen LogP contribution in [0.3, 0.4) is 0 Å². The van der Waals surface area contributed by atoms with Crippen molar-refractivity contribution in [3.8, 4) is 0 Å². The first kappa shape index (κ1) is 16.7. The summed E-state index contributed by atoms with van der Waals surface area (Å²) < 4.78 is 0. The van der Waals surface area contributed by atoms with Crippen molar-refractivity contribution < 1.29 is 0 Å². The minimum atomic E-state index is 0.702. The number of aryl methyl sites for hydroxylation is 1. The van der Waals surface area contributed by atoms with Gasteiger partial charge in [-0.15, -0.1) is 0 Å². The highest BCUT2D eigenvalue weighted by atomic mass is 35.5. The Morgan fingerprint density at radius 3 is 3.00 bits per heavy atom. The van der Waals surface area contributed by atoms with Crippen molar-refractivity contribution in [2.24, 2.45) is 0 Å². The third kappa shape index (κ3) is 3.47. The molecule has 0 amide bonds. The minimum Gasteiger partial charge on any atom is -0.369 e. The van der Waals surface area contributed by atoms with Gasteiger partial charge in [-0.25, -0.2) is 4.98 Å². The van der Waals surface area contributed by atoms with Gasteiger partial charge < -0.3 is 10.3 Å². The summed E-state index contributed by atoms with van der Waals surface area (Å²) in [6, 6.07) is 8.06. The molecule has 6 heteroatoms. The molecule has 0 saturated heterocycles. The van der Waals surface area contributed by atoms with E-state index >= 15 is 0 Å². The summed E-state index contributed by atoms with van der Waals surface area (Å²) in [6.07, 6.45) is 2.75. The van der Waals surface area contributed by atoms with Crippen molar-refractivity contribution >= 4 is 39.9 Å². The van der Waals surface area contributed by atoms with Gasteiger partial charge in [0.2, 0.25) is 0 Å². The molecule has 0 radical (unpaired) electrons. The van der Waals surface area contributed by atoms with Gasteiger partial charge in [0.05, 0.1) is 5.02 Å². The van der Waals surface area contributed by atoms with Gasteiger partial charge in [-0.1, -0.05) is 23.2 Å². The molecule has 2 aromatic heterocycles. The Labute approximate surface area is 157 Å². The maximum absolute atomic E-state index is 6.15. The van der Waals surface area contributed by atoms with Gasteiger partial charge in [0.1, 0.15) is 5.82 Å². The lowest BCUT2D eigenvalue weighted by molar-refractivity contribution is 0.262. The topological polar surface area (TPSA) is 44.0 Å². The molecule has 4 rings (SSSR count). The lowest BCUT2D eigenvalue weighted by Crippen LogP contribution is -2.34. The Bertz CT molecular complexity index is 919. The monoisotopic (exact) mass is 374 g/mol. The fraction of sp³-hybridized carbons (Fsp3) is 0.316. The highest BCUT2D eigenvalue weighted by molar-refractivity contribution is 6.31. The van der Waals surface area contributed by atoms with Gasteiger partial charge in [-0.2, -0.15) is 0 Å². The van der Waals surface area contributed by atoms with E-state index in [1.807, 2.05) is 19.1 Å². The lowest BCUT2D eigenvalue weighted by Gasteiger charge is -2.27. The summed E-state index contributed by atoms with van der Waals surface area (Å²) in [7, 11) is 0. The smallest absolute Gasteiger partial charge is 0.126 e. The predicted molar refractivity (Wildman–Crippen MR) is 105 cm³/mol. The molecule has 0 spiro atoms. The zero-order chi connectivity index (χ0) is 17.4. The second kappa shape index (κ2) is 6.87. The number of anilines is 1. The van der Waals surface area contributed by atoms with Gasteiger partial charge in [0.15, 0.2) is 0 Å². The van der Waals surface area contributed by atoms with E-state index in [9.17, 15) is 0 Å². The summed E-state index contributed by atoms with van der Waals surface area (Å²) in [5.74, 6) is 0.875. The number of benzene rings is 1. The average molecular weight is 375 g/mol. The quantitative estimate of drug-likeness (QED) is 0.698. The highest BCUT2D eigenvalue weighted by Gasteiger charge is 2.20. The Morgan fingerprint density at radius 2 is 2.16 bits per heavy atom. The van der Waals surface area contributed by atoms with E-state index in [2.05, 4.69) is 32.3 Å². The van der Waals surface area contributed by atoms with Crippen LogP contribution < -0.4 is 5.32 Å². The van der Waals surface area contributed by atoms with Crippen LogP contribution in [0.15, 0.2) is 30.5 Å². The van der Waals surface area contributed by atoms with Gasteiger partial charge in [-0.3, -0.25) is 4.90 Å². The van der Waals surface area contributed by atoms with E-state index in [-0.39, 0.29) is 0 Å². The third-order valence-electron chi connectivity index (χ3n) is 4.80. The van der Waals surface area contributed by atoms with Crippen LogP contribution in [0.1, 0.15) is 16.8 Å². The molecule has 0 unspecified atom stereocenters. The molecule has 25 heavy (non-hydrogen) atoms. The van der Waals surface area contributed by atoms with Crippen LogP contribution >= 0.6 is 23.2 Å². The van der Waals surface area contributed by atoms with Crippen molar-refractivity contribution in [3.05, 3.63) is 57.3 Å². The van der Waals surface area contributed by atoms with Gasteiger partial charge >= 0.3 is 0 Å². The van der Waals surface area contributed by atoms with E-state index < -0.39 is 0 Å². The molecule has 0 bridgehead atoms. The number of halogens is 2. The maximum atomic E-state index is 6.15. The number of hydrogen-bond donors (Lipinski definition) is 2. The third-order valence-corrected chi connectivity index (χ3v) is 5.43. The number of pyridine rings is 1. The second-order valence-electron chi connectivity index (χ2n) is 6.54. The molecule has 0 atom stereocenters. The molecule has 0 aliphatic carbocycles. The zero-order valence-electron chi connectivity index (χ0n) is 14.1. The average Bonchev–Trinajstić information content (AvgIpc) is 2.95. The second-order valence-corrected chi connectivity index (χ2v) is 7.39. The molecule has 2 N–H and O–H groups in total. The predicted octanol–water partition coefficient (Wildman–Crippen LogP) is 4.65. The van der Waals surface area contributed by atoms with Gasteiger partial charge in [0.25, 0.3) is 0 Å². The highest BCUT2D eigenvalue weighted by Crippen LogP contribution is 2.29. The fourth-order valence-corrected chi connectivity index (χ4v) is 3.71. The van der Waals surface area contributed by atoms with Crippen LogP contribution in [0.2, 0.25) is 10.0 Å². The zero-order valence-corrected chi connectivity index (χ0v) is 15.6. The lowest BCUT2D eigenvalue weighted by atomic mass is 10.0. The molecule has 130 valence electrons. The van der Waals surface area contributed by atoms with Crippen LogP contribution in [0.4, 0.5) is 5.82 Å². The summed E-state index contributed by atoms with van der Waals surface area (Å²) >= 11 is 12.2. The van der Waals surface area contributed by atoms with Crippen molar-refractivity contribution in [1.29, 1.82) is 0 Å². The van der Waals surface area contributed by atoms with Crippen LogP contribution in [0.25, 0.3) is 10.9 Å².